The van der Waals surface area contributed by atoms with E-state index >= 15 is 0 Å². The van der Waals surface area contributed by atoms with E-state index in [4.69, 9.17) is 0 Å². The number of nitrogens with zero attached hydrogens (tertiary/aromatic N) is 3. The van der Waals surface area contributed by atoms with Crippen molar-refractivity contribution in [3.63, 3.8) is 0 Å². The number of hydrogen-bond donors (Lipinski definition) is 3. The van der Waals surface area contributed by atoms with Crippen molar-refractivity contribution in [2.24, 2.45) is 0 Å². The molecule has 0 bridgehead atoms. The van der Waals surface area contributed by atoms with E-state index in [0.29, 0.717) is 16.1 Å². The molecule has 0 saturated heterocycles. The van der Waals surface area contributed by atoms with E-state index in [1.54, 1.807) is 24.3 Å². The molecule has 1 unspecified atom stereocenters. The number of rotatable bonds is 13. The SMILES string of the molecule is CC(O)CC[C@H](NC(=O)c1cnc(-c2ccccc2C#N)s1)C(=O)N[C@@H](CCCC(F)(F)F)C(=O)c1nccs1. The first-order chi connectivity index (χ1) is 19.0. The number of nitriles is 1. The highest BCUT2D eigenvalue weighted by Crippen LogP contribution is 2.28. The molecule has 2 amide bonds. The third-order valence-corrected chi connectivity index (χ3v) is 7.55. The number of aliphatic hydroxyl groups excluding tert-OH is 1. The number of halogens is 3. The molecule has 9 nitrogen and oxygen atoms in total. The monoisotopic (exact) mass is 593 g/mol. The molecule has 0 fully saturated rings. The highest BCUT2D eigenvalue weighted by Gasteiger charge is 2.32. The van der Waals surface area contributed by atoms with E-state index in [1.807, 2.05) is 0 Å². The number of hydrogen-bond acceptors (Lipinski definition) is 9. The Hall–Kier alpha value is -3.67. The Morgan fingerprint density at radius 1 is 1.10 bits per heavy atom. The maximum absolute atomic E-state index is 13.2. The fourth-order valence-electron chi connectivity index (χ4n) is 3.72. The van der Waals surface area contributed by atoms with Gasteiger partial charge in [-0.2, -0.15) is 18.4 Å². The van der Waals surface area contributed by atoms with Gasteiger partial charge in [0.2, 0.25) is 11.7 Å². The van der Waals surface area contributed by atoms with Crippen molar-refractivity contribution in [1.29, 1.82) is 5.26 Å². The summed E-state index contributed by atoms with van der Waals surface area (Å²) >= 11 is 2.01. The van der Waals surface area contributed by atoms with Gasteiger partial charge in [-0.05, 0) is 38.7 Å². The second kappa shape index (κ2) is 14.1. The van der Waals surface area contributed by atoms with Crippen LogP contribution in [0.1, 0.15) is 64.1 Å². The largest absolute Gasteiger partial charge is 0.393 e. The minimum absolute atomic E-state index is 0.00111. The summed E-state index contributed by atoms with van der Waals surface area (Å²) in [5.74, 6) is -2.06. The number of benzene rings is 1. The standard InChI is InChI=1S/C26H26F3N5O4S2/c1-15(35)8-9-19(34-23(38)20-14-32-24(40-20)17-6-3-2-5-16(17)13-30)22(37)33-18(7-4-10-26(27,28)29)21(36)25-31-11-12-39-25/h2-3,5-6,11-12,14-15,18-19,35H,4,7-10H2,1H3,(H,33,37)(H,34,38)/t15?,18-,19-/m0/s1. The van der Waals surface area contributed by atoms with Gasteiger partial charge in [-0.1, -0.05) is 18.2 Å². The Labute approximate surface area is 236 Å². The predicted molar refractivity (Wildman–Crippen MR) is 143 cm³/mol. The number of amides is 2. The first-order valence-corrected chi connectivity index (χ1v) is 13.9. The van der Waals surface area contributed by atoms with E-state index < -0.39 is 54.8 Å². The summed E-state index contributed by atoms with van der Waals surface area (Å²) in [5, 5.41) is 26.2. The summed E-state index contributed by atoms with van der Waals surface area (Å²) in [6, 6.07) is 6.31. The zero-order valence-corrected chi connectivity index (χ0v) is 22.9. The summed E-state index contributed by atoms with van der Waals surface area (Å²) in [7, 11) is 0. The third kappa shape index (κ3) is 8.94. The molecule has 0 aliphatic carbocycles. The summed E-state index contributed by atoms with van der Waals surface area (Å²) in [4.78, 5) is 47.5. The Morgan fingerprint density at radius 3 is 2.50 bits per heavy atom. The first-order valence-electron chi connectivity index (χ1n) is 12.2. The fourth-order valence-corrected chi connectivity index (χ4v) is 5.21. The molecule has 0 aliphatic heterocycles. The van der Waals surface area contributed by atoms with Crippen molar-refractivity contribution < 1.29 is 32.7 Å². The lowest BCUT2D eigenvalue weighted by Gasteiger charge is -2.23. The van der Waals surface area contributed by atoms with Crippen LogP contribution in [0.4, 0.5) is 13.2 Å². The van der Waals surface area contributed by atoms with Crippen LogP contribution in [-0.2, 0) is 4.79 Å². The summed E-state index contributed by atoms with van der Waals surface area (Å²) in [5.41, 5.74) is 0.916. The van der Waals surface area contributed by atoms with Crippen molar-refractivity contribution >= 4 is 40.3 Å². The van der Waals surface area contributed by atoms with Gasteiger partial charge >= 0.3 is 6.18 Å². The average Bonchev–Trinajstić information content (AvgIpc) is 3.62. The van der Waals surface area contributed by atoms with Gasteiger partial charge in [0.25, 0.3) is 5.91 Å². The van der Waals surface area contributed by atoms with Crippen molar-refractivity contribution in [2.75, 3.05) is 0 Å². The predicted octanol–water partition coefficient (Wildman–Crippen LogP) is 4.50. The normalized spacial score (nSPS) is 13.6. The van der Waals surface area contributed by atoms with E-state index in [2.05, 4.69) is 26.7 Å². The van der Waals surface area contributed by atoms with Crippen LogP contribution in [0, 0.1) is 11.3 Å². The quantitative estimate of drug-likeness (QED) is 0.248. The third-order valence-electron chi connectivity index (χ3n) is 5.73. The van der Waals surface area contributed by atoms with Gasteiger partial charge in [0.1, 0.15) is 15.9 Å². The van der Waals surface area contributed by atoms with Gasteiger partial charge in [0.05, 0.1) is 30.0 Å². The molecule has 1 aromatic carbocycles. The molecule has 212 valence electrons. The highest BCUT2D eigenvalue weighted by atomic mass is 32.1. The molecule has 40 heavy (non-hydrogen) atoms. The number of aromatic nitrogens is 2. The smallest absolute Gasteiger partial charge is 0.389 e. The van der Waals surface area contributed by atoms with E-state index in [0.717, 1.165) is 22.7 Å². The molecule has 0 aliphatic rings. The van der Waals surface area contributed by atoms with Crippen molar-refractivity contribution in [3.05, 3.63) is 57.5 Å². The Kier molecular flexibility index (Phi) is 10.9. The van der Waals surface area contributed by atoms with Crippen molar-refractivity contribution in [2.45, 2.75) is 63.4 Å². The number of ketones is 1. The minimum Gasteiger partial charge on any atom is -0.393 e. The van der Waals surface area contributed by atoms with Gasteiger partial charge in [0, 0.05) is 23.6 Å². The molecule has 0 saturated carbocycles. The number of alkyl halides is 3. The van der Waals surface area contributed by atoms with Crippen LogP contribution in [0.25, 0.3) is 10.6 Å². The topological polar surface area (TPSA) is 145 Å². The molecule has 3 N–H and O–H groups in total. The van der Waals surface area contributed by atoms with Gasteiger partial charge < -0.3 is 15.7 Å². The van der Waals surface area contributed by atoms with E-state index in [9.17, 15) is 37.9 Å². The zero-order valence-electron chi connectivity index (χ0n) is 21.3. The zero-order chi connectivity index (χ0) is 29.3. The molecule has 2 heterocycles. The first kappa shape index (κ1) is 30.9. The van der Waals surface area contributed by atoms with Crippen LogP contribution in [0.15, 0.2) is 42.0 Å². The van der Waals surface area contributed by atoms with Gasteiger partial charge in [-0.25, -0.2) is 9.97 Å². The lowest BCUT2D eigenvalue weighted by atomic mass is 10.0. The second-order valence-electron chi connectivity index (χ2n) is 8.91. The van der Waals surface area contributed by atoms with Crippen LogP contribution < -0.4 is 10.6 Å². The minimum atomic E-state index is -4.42. The number of Topliss-reactive ketones (excluding diaryl/α,β-unsaturated/α-hetero) is 1. The molecule has 3 rings (SSSR count). The van der Waals surface area contributed by atoms with Gasteiger partial charge in [0.15, 0.2) is 5.01 Å². The number of aliphatic hydroxyl groups is 1. The maximum atomic E-state index is 13.2. The summed E-state index contributed by atoms with van der Waals surface area (Å²) in [6.45, 7) is 1.50. The van der Waals surface area contributed by atoms with Crippen LogP contribution in [0.5, 0.6) is 0 Å². The van der Waals surface area contributed by atoms with Crippen LogP contribution in [-0.4, -0.2) is 57.0 Å². The lowest BCUT2D eigenvalue weighted by molar-refractivity contribution is -0.135. The van der Waals surface area contributed by atoms with Crippen molar-refractivity contribution in [1.82, 2.24) is 20.6 Å². The molecule has 0 spiro atoms. The molecule has 0 radical (unpaired) electrons. The van der Waals surface area contributed by atoms with E-state index in [-0.39, 0.29) is 29.1 Å². The summed E-state index contributed by atoms with van der Waals surface area (Å²) < 4.78 is 38.2. The number of nitrogens with one attached hydrogen (secondary N) is 2. The molecule has 3 atom stereocenters. The Morgan fingerprint density at radius 2 is 1.85 bits per heavy atom. The number of carbonyl (C=O) groups excluding carboxylic acids is 3. The lowest BCUT2D eigenvalue weighted by Crippen LogP contribution is -2.51. The van der Waals surface area contributed by atoms with Crippen molar-refractivity contribution in [3.8, 4) is 16.6 Å². The van der Waals surface area contributed by atoms with E-state index in [1.165, 1.54) is 24.7 Å². The van der Waals surface area contributed by atoms with Crippen LogP contribution in [0.2, 0.25) is 0 Å². The molecule has 2 aromatic heterocycles. The Bertz CT molecular complexity index is 1350. The fraction of sp³-hybridized carbons (Fsp3) is 0.385. The second-order valence-corrected chi connectivity index (χ2v) is 10.8. The molecule has 3 aromatic rings. The molecule has 14 heteroatoms. The maximum Gasteiger partial charge on any atom is 0.389 e. The number of thiazole rings is 2. The Balaban J connectivity index is 1.77. The molecular formula is C26H26F3N5O4S2. The molecular weight excluding hydrogens is 567 g/mol. The highest BCUT2D eigenvalue weighted by molar-refractivity contribution is 7.17. The van der Waals surface area contributed by atoms with Crippen LogP contribution in [0.3, 0.4) is 0 Å². The van der Waals surface area contributed by atoms with Crippen LogP contribution >= 0.6 is 22.7 Å². The van der Waals surface area contributed by atoms with Gasteiger partial charge in [-0.3, -0.25) is 14.4 Å². The number of carbonyl (C=O) groups is 3. The average molecular weight is 594 g/mol. The summed E-state index contributed by atoms with van der Waals surface area (Å²) in [6.07, 6.45) is -4.23. The van der Waals surface area contributed by atoms with Gasteiger partial charge in [-0.15, -0.1) is 22.7 Å².